The summed E-state index contributed by atoms with van der Waals surface area (Å²) < 4.78 is 5.44. The van der Waals surface area contributed by atoms with E-state index in [2.05, 4.69) is 9.83 Å². The molecule has 1 heterocycles. The number of aromatic nitrogens is 1. The monoisotopic (exact) mass is 187 g/mol. The van der Waals surface area contributed by atoms with E-state index in [9.17, 15) is 0 Å². The smallest absolute Gasteiger partial charge is 0.297 e. The molecule has 0 bridgehead atoms. The van der Waals surface area contributed by atoms with Crippen molar-refractivity contribution >= 4 is 22.8 Å². The third kappa shape index (κ3) is 1.29. The average molecular weight is 187 g/mol. The van der Waals surface area contributed by atoms with Gasteiger partial charge in [0.1, 0.15) is 5.52 Å². The van der Waals surface area contributed by atoms with Crippen LogP contribution in [0.5, 0.6) is 0 Å². The minimum atomic E-state index is 0.558. The Labute approximate surface area is 81.6 Å². The van der Waals surface area contributed by atoms with E-state index >= 15 is 0 Å². The van der Waals surface area contributed by atoms with Gasteiger partial charge in [-0.15, -0.1) is 0 Å². The maximum absolute atomic E-state index is 6.87. The molecule has 0 saturated carbocycles. The van der Waals surface area contributed by atoms with Crippen LogP contribution in [0.25, 0.3) is 15.9 Å². The summed E-state index contributed by atoms with van der Waals surface area (Å²) in [5, 5.41) is 0. The molecule has 4 nitrogen and oxygen atoms in total. The van der Waals surface area contributed by atoms with E-state index in [1.807, 2.05) is 14.1 Å². The predicted molar refractivity (Wildman–Crippen MR) is 54.6 cm³/mol. The molecule has 0 aliphatic heterocycles. The van der Waals surface area contributed by atoms with Gasteiger partial charge in [0.25, 0.3) is 6.01 Å². The van der Waals surface area contributed by atoms with E-state index < -0.39 is 0 Å². The maximum Gasteiger partial charge on any atom is 0.297 e. The summed E-state index contributed by atoms with van der Waals surface area (Å²) in [6.07, 6.45) is 0. The van der Waals surface area contributed by atoms with E-state index in [0.717, 1.165) is 5.52 Å². The number of hydrogen-bond acceptors (Lipinski definition) is 3. The fourth-order valence-corrected chi connectivity index (χ4v) is 1.16. The summed E-state index contributed by atoms with van der Waals surface area (Å²) in [7, 11) is 3.72. The van der Waals surface area contributed by atoms with Gasteiger partial charge in [0.2, 0.25) is 0 Å². The molecule has 0 amide bonds. The van der Waals surface area contributed by atoms with Crippen molar-refractivity contribution in [2.24, 2.45) is 0 Å². The molecule has 2 rings (SSSR count). The van der Waals surface area contributed by atoms with E-state index in [-0.39, 0.29) is 0 Å². The van der Waals surface area contributed by atoms with Gasteiger partial charge in [-0.2, -0.15) is 4.98 Å². The summed E-state index contributed by atoms with van der Waals surface area (Å²) in [5.41, 5.74) is 2.01. The highest BCUT2D eigenvalue weighted by molar-refractivity contribution is 5.79. The number of benzene rings is 1. The first-order chi connectivity index (χ1) is 6.70. The molecule has 2 aromatic rings. The third-order valence-electron chi connectivity index (χ3n) is 1.87. The lowest BCUT2D eigenvalue weighted by Crippen LogP contribution is -2.08. The second kappa shape index (κ2) is 3.04. The highest BCUT2D eigenvalue weighted by Crippen LogP contribution is 2.24. The number of anilines is 1. The standard InChI is InChI=1S/C10H9N3O/c1-11-7-4-5-9-8(6-7)12-10(14-9)13(2)3/h4-6H,2-3H3. The zero-order valence-corrected chi connectivity index (χ0v) is 7.98. The van der Waals surface area contributed by atoms with Crippen molar-refractivity contribution in [1.29, 1.82) is 0 Å². The topological polar surface area (TPSA) is 33.6 Å². The van der Waals surface area contributed by atoms with Crippen LogP contribution < -0.4 is 4.90 Å². The van der Waals surface area contributed by atoms with Crippen LogP contribution in [0.4, 0.5) is 11.7 Å². The number of nitrogens with zero attached hydrogens (tertiary/aromatic N) is 3. The second-order valence-corrected chi connectivity index (χ2v) is 3.15. The van der Waals surface area contributed by atoms with Crippen LogP contribution in [-0.2, 0) is 0 Å². The van der Waals surface area contributed by atoms with Crippen molar-refractivity contribution in [2.45, 2.75) is 0 Å². The minimum absolute atomic E-state index is 0.558. The van der Waals surface area contributed by atoms with Gasteiger partial charge in [-0.1, -0.05) is 6.07 Å². The van der Waals surface area contributed by atoms with Gasteiger partial charge in [0, 0.05) is 14.1 Å². The maximum atomic E-state index is 6.87. The first kappa shape index (κ1) is 8.57. The summed E-state index contributed by atoms with van der Waals surface area (Å²) in [5.74, 6) is 0. The molecular weight excluding hydrogens is 178 g/mol. The molecule has 0 N–H and O–H groups in total. The lowest BCUT2D eigenvalue weighted by atomic mass is 10.3. The van der Waals surface area contributed by atoms with Gasteiger partial charge in [-0.05, 0) is 12.1 Å². The average Bonchev–Trinajstić information content (AvgIpc) is 2.59. The molecule has 1 aromatic carbocycles. The molecule has 0 aliphatic carbocycles. The SMILES string of the molecule is [C-]#[N+]c1ccc2oc(N(C)C)nc2c1. The highest BCUT2D eigenvalue weighted by Gasteiger charge is 2.07. The van der Waals surface area contributed by atoms with E-state index in [1.54, 1.807) is 23.1 Å². The Balaban J connectivity index is 2.61. The Kier molecular flexibility index (Phi) is 1.86. The number of fused-ring (bicyclic) bond motifs is 1. The molecule has 4 heteroatoms. The van der Waals surface area contributed by atoms with Crippen LogP contribution in [0, 0.1) is 6.57 Å². The normalized spacial score (nSPS) is 10.1. The Morgan fingerprint density at radius 1 is 1.43 bits per heavy atom. The Morgan fingerprint density at radius 2 is 2.21 bits per heavy atom. The summed E-state index contributed by atoms with van der Waals surface area (Å²) >= 11 is 0. The Bertz CT molecular complexity index is 508. The zero-order chi connectivity index (χ0) is 10.1. The van der Waals surface area contributed by atoms with Gasteiger partial charge >= 0.3 is 0 Å². The van der Waals surface area contributed by atoms with Gasteiger partial charge in [0.05, 0.1) is 6.57 Å². The number of hydrogen-bond donors (Lipinski definition) is 0. The number of oxazole rings is 1. The molecule has 0 fully saturated rings. The molecule has 0 atom stereocenters. The van der Waals surface area contributed by atoms with Crippen LogP contribution in [-0.4, -0.2) is 19.1 Å². The number of rotatable bonds is 1. The predicted octanol–water partition coefficient (Wildman–Crippen LogP) is 2.44. The first-order valence-corrected chi connectivity index (χ1v) is 4.16. The van der Waals surface area contributed by atoms with Crippen LogP contribution in [0.15, 0.2) is 22.6 Å². The van der Waals surface area contributed by atoms with Crippen molar-refractivity contribution in [3.8, 4) is 0 Å². The Morgan fingerprint density at radius 3 is 2.86 bits per heavy atom. The van der Waals surface area contributed by atoms with Crippen LogP contribution in [0.3, 0.4) is 0 Å². The van der Waals surface area contributed by atoms with Crippen molar-refractivity contribution in [2.75, 3.05) is 19.0 Å². The van der Waals surface area contributed by atoms with Crippen LogP contribution in [0.1, 0.15) is 0 Å². The molecule has 70 valence electrons. The molecular formula is C10H9N3O. The van der Waals surface area contributed by atoms with E-state index in [4.69, 9.17) is 11.0 Å². The Hall–Kier alpha value is -2.02. The largest absolute Gasteiger partial charge is 0.424 e. The van der Waals surface area contributed by atoms with Crippen LogP contribution >= 0.6 is 0 Å². The van der Waals surface area contributed by atoms with Crippen molar-refractivity contribution < 1.29 is 4.42 Å². The van der Waals surface area contributed by atoms with Crippen LogP contribution in [0.2, 0.25) is 0 Å². The summed E-state index contributed by atoms with van der Waals surface area (Å²) in [6, 6.07) is 5.77. The minimum Gasteiger partial charge on any atom is -0.424 e. The molecule has 0 unspecified atom stereocenters. The fourth-order valence-electron chi connectivity index (χ4n) is 1.16. The van der Waals surface area contributed by atoms with Gasteiger partial charge in [0.15, 0.2) is 11.3 Å². The van der Waals surface area contributed by atoms with Crippen molar-refractivity contribution in [1.82, 2.24) is 4.98 Å². The molecule has 0 aliphatic rings. The summed E-state index contributed by atoms with van der Waals surface area (Å²) in [6.45, 7) is 6.87. The molecule has 0 radical (unpaired) electrons. The molecule has 0 saturated heterocycles. The van der Waals surface area contributed by atoms with E-state index in [0.29, 0.717) is 17.3 Å². The van der Waals surface area contributed by atoms with Gasteiger partial charge in [-0.25, -0.2) is 4.85 Å². The van der Waals surface area contributed by atoms with Gasteiger partial charge in [-0.3, -0.25) is 0 Å². The lowest BCUT2D eigenvalue weighted by Gasteiger charge is -2.03. The molecule has 1 aromatic heterocycles. The molecule has 0 spiro atoms. The lowest BCUT2D eigenvalue weighted by molar-refractivity contribution is 0.597. The summed E-state index contributed by atoms with van der Waals surface area (Å²) in [4.78, 5) is 9.36. The van der Waals surface area contributed by atoms with Crippen molar-refractivity contribution in [3.05, 3.63) is 29.6 Å². The highest BCUT2D eigenvalue weighted by atomic mass is 16.4. The quantitative estimate of drug-likeness (QED) is 0.643. The first-order valence-electron chi connectivity index (χ1n) is 4.16. The second-order valence-electron chi connectivity index (χ2n) is 3.15. The van der Waals surface area contributed by atoms with Crippen molar-refractivity contribution in [3.63, 3.8) is 0 Å². The third-order valence-corrected chi connectivity index (χ3v) is 1.87. The zero-order valence-electron chi connectivity index (χ0n) is 7.98. The van der Waals surface area contributed by atoms with E-state index in [1.165, 1.54) is 0 Å². The van der Waals surface area contributed by atoms with Gasteiger partial charge < -0.3 is 9.32 Å². The fraction of sp³-hybridized carbons (Fsp3) is 0.200. The molecule has 14 heavy (non-hydrogen) atoms.